The molecule has 1 saturated carbocycles. The number of carbonyl (C=O) groups excluding carboxylic acids is 1. The summed E-state index contributed by atoms with van der Waals surface area (Å²) in [6.07, 6.45) is 1.21. The van der Waals surface area contributed by atoms with Crippen molar-refractivity contribution >= 4 is 11.8 Å². The van der Waals surface area contributed by atoms with E-state index in [9.17, 15) is 9.59 Å². The molecule has 0 spiro atoms. The number of benzene rings is 1. The Hall–Kier alpha value is -1.64. The van der Waals surface area contributed by atoms with Crippen molar-refractivity contribution in [2.75, 3.05) is 0 Å². The molecule has 0 saturated heterocycles. The lowest BCUT2D eigenvalue weighted by atomic mass is 9.95. The van der Waals surface area contributed by atoms with Crippen molar-refractivity contribution in [1.82, 2.24) is 0 Å². The molecule has 0 heterocycles. The van der Waals surface area contributed by atoms with Crippen LogP contribution in [0.1, 0.15) is 24.0 Å². The van der Waals surface area contributed by atoms with Crippen LogP contribution < -0.4 is 0 Å². The zero-order chi connectivity index (χ0) is 11.8. The molecule has 0 radical (unpaired) electrons. The van der Waals surface area contributed by atoms with E-state index in [2.05, 4.69) is 0 Å². The van der Waals surface area contributed by atoms with Crippen molar-refractivity contribution in [3.05, 3.63) is 35.4 Å². The standard InChI is InChI=1S/C13H14O3/c1-9-2-4-10(5-3-9)8-11(14)13(6-7-13)12(15)16/h2-5H,6-8H2,1H3,(H,15,16). The molecule has 0 unspecified atom stereocenters. The molecule has 1 fully saturated rings. The topological polar surface area (TPSA) is 54.4 Å². The van der Waals surface area contributed by atoms with Crippen LogP contribution in [0.3, 0.4) is 0 Å². The maximum Gasteiger partial charge on any atom is 0.317 e. The number of carboxylic acid groups (broad SMARTS) is 1. The Kier molecular flexibility index (Phi) is 2.54. The van der Waals surface area contributed by atoms with Crippen LogP contribution in [0.25, 0.3) is 0 Å². The van der Waals surface area contributed by atoms with Gasteiger partial charge in [0, 0.05) is 6.42 Å². The predicted octanol–water partition coefficient (Wildman–Crippen LogP) is 1.97. The number of hydrogen-bond donors (Lipinski definition) is 1. The fourth-order valence-electron chi connectivity index (χ4n) is 1.80. The second-order valence-electron chi connectivity index (χ2n) is 4.47. The number of Topliss-reactive ketones (excluding diaryl/α,β-unsaturated/α-hetero) is 1. The van der Waals surface area contributed by atoms with Gasteiger partial charge in [-0.05, 0) is 25.3 Å². The Labute approximate surface area is 94.1 Å². The summed E-state index contributed by atoms with van der Waals surface area (Å²) in [6.45, 7) is 1.98. The third kappa shape index (κ3) is 1.85. The van der Waals surface area contributed by atoms with Gasteiger partial charge in [0.2, 0.25) is 0 Å². The molecule has 16 heavy (non-hydrogen) atoms. The van der Waals surface area contributed by atoms with Crippen LogP contribution in [-0.2, 0) is 16.0 Å². The molecular weight excluding hydrogens is 204 g/mol. The smallest absolute Gasteiger partial charge is 0.317 e. The van der Waals surface area contributed by atoms with E-state index >= 15 is 0 Å². The second kappa shape index (κ2) is 3.74. The van der Waals surface area contributed by atoms with Crippen LogP contribution in [-0.4, -0.2) is 16.9 Å². The van der Waals surface area contributed by atoms with Gasteiger partial charge in [-0.25, -0.2) is 0 Å². The highest BCUT2D eigenvalue weighted by atomic mass is 16.4. The third-order valence-corrected chi connectivity index (χ3v) is 3.18. The lowest BCUT2D eigenvalue weighted by molar-refractivity contribution is -0.148. The van der Waals surface area contributed by atoms with Gasteiger partial charge in [-0.15, -0.1) is 0 Å². The highest BCUT2D eigenvalue weighted by Crippen LogP contribution is 2.47. The SMILES string of the molecule is Cc1ccc(CC(=O)C2(C(=O)O)CC2)cc1. The number of rotatable bonds is 4. The van der Waals surface area contributed by atoms with Gasteiger partial charge in [0.05, 0.1) is 0 Å². The van der Waals surface area contributed by atoms with E-state index in [1.807, 2.05) is 31.2 Å². The molecule has 1 aromatic carbocycles. The van der Waals surface area contributed by atoms with Gasteiger partial charge in [-0.3, -0.25) is 9.59 Å². The molecule has 3 heteroatoms. The average molecular weight is 218 g/mol. The Balaban J connectivity index is 2.08. The number of carbonyl (C=O) groups is 2. The second-order valence-corrected chi connectivity index (χ2v) is 4.47. The summed E-state index contributed by atoms with van der Waals surface area (Å²) in [6, 6.07) is 7.63. The van der Waals surface area contributed by atoms with Crippen molar-refractivity contribution in [3.8, 4) is 0 Å². The molecule has 1 aromatic rings. The van der Waals surface area contributed by atoms with Crippen molar-refractivity contribution in [3.63, 3.8) is 0 Å². The first kappa shape index (κ1) is 10.9. The molecule has 0 amide bonds. The van der Waals surface area contributed by atoms with E-state index in [4.69, 9.17) is 5.11 Å². The number of ketones is 1. The molecule has 1 aliphatic rings. The van der Waals surface area contributed by atoms with Crippen molar-refractivity contribution in [2.24, 2.45) is 5.41 Å². The van der Waals surface area contributed by atoms with Crippen LogP contribution in [0.15, 0.2) is 24.3 Å². The highest BCUT2D eigenvalue weighted by molar-refractivity contribution is 6.06. The third-order valence-electron chi connectivity index (χ3n) is 3.18. The van der Waals surface area contributed by atoms with E-state index in [0.717, 1.165) is 11.1 Å². The Bertz CT molecular complexity index is 427. The van der Waals surface area contributed by atoms with Crippen LogP contribution in [0, 0.1) is 12.3 Å². The van der Waals surface area contributed by atoms with Crippen LogP contribution >= 0.6 is 0 Å². The Morgan fingerprint density at radius 2 is 1.81 bits per heavy atom. The van der Waals surface area contributed by atoms with Gasteiger partial charge < -0.3 is 5.11 Å². The summed E-state index contributed by atoms with van der Waals surface area (Å²) in [5, 5.41) is 8.98. The Morgan fingerprint density at radius 1 is 1.25 bits per heavy atom. The molecule has 84 valence electrons. The monoisotopic (exact) mass is 218 g/mol. The first-order valence-corrected chi connectivity index (χ1v) is 5.37. The average Bonchev–Trinajstić information content (AvgIpc) is 3.02. The molecule has 0 bridgehead atoms. The minimum atomic E-state index is -1.06. The fourth-order valence-corrected chi connectivity index (χ4v) is 1.80. The van der Waals surface area contributed by atoms with Gasteiger partial charge in [0.25, 0.3) is 0 Å². The molecular formula is C13H14O3. The first-order chi connectivity index (χ1) is 7.54. The van der Waals surface area contributed by atoms with Gasteiger partial charge in [0.1, 0.15) is 5.41 Å². The maximum atomic E-state index is 11.8. The summed E-state index contributed by atoms with van der Waals surface area (Å²) >= 11 is 0. The molecule has 2 rings (SSSR count). The van der Waals surface area contributed by atoms with Crippen molar-refractivity contribution in [1.29, 1.82) is 0 Å². The summed E-state index contributed by atoms with van der Waals surface area (Å²) in [4.78, 5) is 22.8. The molecule has 0 aromatic heterocycles. The number of aryl methyl sites for hydroxylation is 1. The van der Waals surface area contributed by atoms with Crippen LogP contribution in [0.4, 0.5) is 0 Å². The van der Waals surface area contributed by atoms with Crippen molar-refractivity contribution in [2.45, 2.75) is 26.2 Å². The molecule has 3 nitrogen and oxygen atoms in total. The fraction of sp³-hybridized carbons (Fsp3) is 0.385. The van der Waals surface area contributed by atoms with E-state index in [1.165, 1.54) is 0 Å². The summed E-state index contributed by atoms with van der Waals surface area (Å²) in [5.74, 6) is -1.13. The molecule has 0 atom stereocenters. The van der Waals surface area contributed by atoms with Crippen LogP contribution in [0.2, 0.25) is 0 Å². The number of aliphatic carboxylic acids is 1. The van der Waals surface area contributed by atoms with Gasteiger partial charge >= 0.3 is 5.97 Å². The van der Waals surface area contributed by atoms with E-state index in [-0.39, 0.29) is 12.2 Å². The zero-order valence-electron chi connectivity index (χ0n) is 9.19. The van der Waals surface area contributed by atoms with Gasteiger partial charge in [0.15, 0.2) is 5.78 Å². The molecule has 0 aliphatic heterocycles. The van der Waals surface area contributed by atoms with E-state index in [0.29, 0.717) is 12.8 Å². The zero-order valence-corrected chi connectivity index (χ0v) is 9.19. The van der Waals surface area contributed by atoms with E-state index < -0.39 is 11.4 Å². The lowest BCUT2D eigenvalue weighted by Crippen LogP contribution is -2.26. The number of carboxylic acids is 1. The Morgan fingerprint density at radius 3 is 2.25 bits per heavy atom. The van der Waals surface area contributed by atoms with E-state index in [1.54, 1.807) is 0 Å². The summed E-state index contributed by atoms with van der Waals surface area (Å²) < 4.78 is 0. The predicted molar refractivity (Wildman–Crippen MR) is 59.2 cm³/mol. The minimum absolute atomic E-state index is 0.163. The number of hydrogen-bond acceptors (Lipinski definition) is 2. The first-order valence-electron chi connectivity index (χ1n) is 5.37. The maximum absolute atomic E-state index is 11.8. The summed E-state index contributed by atoms with van der Waals surface area (Å²) in [7, 11) is 0. The van der Waals surface area contributed by atoms with Gasteiger partial charge in [-0.1, -0.05) is 29.8 Å². The normalized spacial score (nSPS) is 16.8. The van der Waals surface area contributed by atoms with Crippen LogP contribution in [0.5, 0.6) is 0 Å². The molecule has 1 N–H and O–H groups in total. The minimum Gasteiger partial charge on any atom is -0.480 e. The van der Waals surface area contributed by atoms with Crippen molar-refractivity contribution < 1.29 is 14.7 Å². The lowest BCUT2D eigenvalue weighted by Gasteiger charge is -2.08. The van der Waals surface area contributed by atoms with Gasteiger partial charge in [-0.2, -0.15) is 0 Å². The quantitative estimate of drug-likeness (QED) is 0.786. The summed E-state index contributed by atoms with van der Waals surface area (Å²) in [5.41, 5.74) is 0.962. The molecule has 1 aliphatic carbocycles. The highest BCUT2D eigenvalue weighted by Gasteiger charge is 2.56. The largest absolute Gasteiger partial charge is 0.480 e.